The number of benzene rings is 2. The predicted octanol–water partition coefficient (Wildman–Crippen LogP) is 3.06. The molecule has 3 rings (SSSR count). The van der Waals surface area contributed by atoms with E-state index in [0.29, 0.717) is 16.1 Å². The van der Waals surface area contributed by atoms with Crippen molar-refractivity contribution in [3.05, 3.63) is 86.3 Å². The van der Waals surface area contributed by atoms with Crippen LogP contribution in [0.5, 0.6) is 0 Å². The van der Waals surface area contributed by atoms with E-state index in [1.54, 1.807) is 24.3 Å². The minimum atomic E-state index is -4.44. The molecule has 0 aliphatic carbocycles. The van der Waals surface area contributed by atoms with Gasteiger partial charge in [-0.05, 0) is 35.4 Å². The van der Waals surface area contributed by atoms with Gasteiger partial charge in [0, 0.05) is 11.6 Å². The molecule has 0 fully saturated rings. The van der Waals surface area contributed by atoms with Crippen LogP contribution in [0.3, 0.4) is 0 Å². The molecule has 0 saturated carbocycles. The maximum atomic E-state index is 12.6. The molecule has 7 nitrogen and oxygen atoms in total. The number of aromatic nitrogens is 3. The minimum absolute atomic E-state index is 0.0721. The minimum Gasteiger partial charge on any atom is -0.346 e. The molecule has 0 saturated heterocycles. The number of carbonyl (C=O) groups excluding carboxylic acids is 1. The van der Waals surface area contributed by atoms with Gasteiger partial charge in [-0.2, -0.15) is 23.5 Å². The van der Waals surface area contributed by atoms with Crippen LogP contribution in [0.25, 0.3) is 0 Å². The summed E-state index contributed by atoms with van der Waals surface area (Å²) in [7, 11) is 0. The lowest BCUT2D eigenvalue weighted by Gasteiger charge is -2.08. The number of halogens is 4. The van der Waals surface area contributed by atoms with Crippen molar-refractivity contribution in [3.8, 4) is 0 Å². The molecule has 2 N–H and O–H groups in total. The van der Waals surface area contributed by atoms with Crippen LogP contribution in [0.1, 0.15) is 27.2 Å². The highest BCUT2D eigenvalue weighted by molar-refractivity contribution is 6.30. The Kier molecular flexibility index (Phi) is 5.83. The fourth-order valence-corrected chi connectivity index (χ4v) is 2.39. The van der Waals surface area contributed by atoms with Crippen molar-refractivity contribution < 1.29 is 18.0 Å². The Balaban J connectivity index is 1.64. The first-order valence-electron chi connectivity index (χ1n) is 8.16. The standard InChI is InChI=1S/C18H13ClF3N5O2/c19-14-7-3-12(4-8-14)10-24-27-17(29)15(25-26-27)16(28)23-9-11-1-5-13(6-2-11)18(20,21)22/h1-8,10,26H,9H2,(H,23,28). The fourth-order valence-electron chi connectivity index (χ4n) is 2.27. The number of amides is 1. The molecule has 0 bridgehead atoms. The van der Waals surface area contributed by atoms with Crippen molar-refractivity contribution in [2.24, 2.45) is 5.10 Å². The highest BCUT2D eigenvalue weighted by Gasteiger charge is 2.29. The summed E-state index contributed by atoms with van der Waals surface area (Å²) in [6.45, 7) is -0.0721. The first-order chi connectivity index (χ1) is 13.7. The summed E-state index contributed by atoms with van der Waals surface area (Å²) in [5.74, 6) is -0.786. The molecule has 2 aromatic carbocycles. The third-order valence-electron chi connectivity index (χ3n) is 3.79. The molecule has 0 atom stereocenters. The van der Waals surface area contributed by atoms with Gasteiger partial charge in [0.1, 0.15) is 0 Å². The van der Waals surface area contributed by atoms with E-state index in [2.05, 4.69) is 20.7 Å². The van der Waals surface area contributed by atoms with Gasteiger partial charge in [-0.1, -0.05) is 35.9 Å². The average Bonchev–Trinajstić information content (AvgIpc) is 3.06. The molecule has 0 spiro atoms. The van der Waals surface area contributed by atoms with Crippen molar-refractivity contribution in [3.63, 3.8) is 0 Å². The second kappa shape index (κ2) is 8.31. The number of hydrogen-bond acceptors (Lipinski definition) is 4. The first kappa shape index (κ1) is 20.3. The fraction of sp³-hybridized carbons (Fsp3) is 0.111. The maximum Gasteiger partial charge on any atom is 0.416 e. The number of nitrogens with one attached hydrogen (secondary N) is 2. The Morgan fingerprint density at radius 2 is 1.83 bits per heavy atom. The normalized spacial score (nSPS) is 11.7. The van der Waals surface area contributed by atoms with Crippen molar-refractivity contribution in [1.82, 2.24) is 20.4 Å². The van der Waals surface area contributed by atoms with Gasteiger partial charge in [-0.15, -0.1) is 9.89 Å². The Morgan fingerprint density at radius 1 is 1.17 bits per heavy atom. The molecule has 150 valence electrons. The quantitative estimate of drug-likeness (QED) is 0.618. The zero-order valence-electron chi connectivity index (χ0n) is 14.6. The predicted molar refractivity (Wildman–Crippen MR) is 99.9 cm³/mol. The smallest absolute Gasteiger partial charge is 0.346 e. The van der Waals surface area contributed by atoms with Gasteiger partial charge in [0.05, 0.1) is 11.8 Å². The van der Waals surface area contributed by atoms with E-state index < -0.39 is 28.9 Å². The highest BCUT2D eigenvalue weighted by atomic mass is 35.5. The van der Waals surface area contributed by atoms with E-state index in [1.807, 2.05) is 0 Å². The number of alkyl halides is 3. The largest absolute Gasteiger partial charge is 0.416 e. The van der Waals surface area contributed by atoms with Crippen LogP contribution in [-0.2, 0) is 12.7 Å². The summed E-state index contributed by atoms with van der Waals surface area (Å²) in [4.78, 5) is 25.1. The van der Waals surface area contributed by atoms with Crippen LogP contribution in [0.2, 0.25) is 5.02 Å². The van der Waals surface area contributed by atoms with E-state index in [9.17, 15) is 22.8 Å². The highest BCUT2D eigenvalue weighted by Crippen LogP contribution is 2.29. The van der Waals surface area contributed by atoms with E-state index in [4.69, 9.17) is 11.6 Å². The van der Waals surface area contributed by atoms with E-state index in [-0.39, 0.29) is 6.54 Å². The zero-order valence-corrected chi connectivity index (χ0v) is 15.3. The molecule has 11 heteroatoms. The Bertz CT molecular complexity index is 1090. The van der Waals surface area contributed by atoms with Gasteiger partial charge in [0.25, 0.3) is 5.91 Å². The second-order valence-corrected chi connectivity index (χ2v) is 6.29. The zero-order chi connectivity index (χ0) is 21.0. The van der Waals surface area contributed by atoms with Crippen LogP contribution in [-0.4, -0.2) is 27.2 Å². The molecule has 0 aliphatic rings. The van der Waals surface area contributed by atoms with Crippen LogP contribution in [0, 0.1) is 0 Å². The maximum absolute atomic E-state index is 12.6. The van der Waals surface area contributed by atoms with Crippen molar-refractivity contribution in [1.29, 1.82) is 0 Å². The van der Waals surface area contributed by atoms with Gasteiger partial charge >= 0.3 is 11.7 Å². The van der Waals surface area contributed by atoms with Crippen LogP contribution >= 0.6 is 11.6 Å². The van der Waals surface area contributed by atoms with Gasteiger partial charge in [0.2, 0.25) is 5.69 Å². The number of nitrogens with zero attached hydrogens (tertiary/aromatic N) is 3. The summed E-state index contributed by atoms with van der Waals surface area (Å²) in [5, 5.41) is 12.8. The van der Waals surface area contributed by atoms with Gasteiger partial charge < -0.3 is 5.32 Å². The Labute approximate surface area is 166 Å². The summed E-state index contributed by atoms with van der Waals surface area (Å²) >= 11 is 5.78. The summed E-state index contributed by atoms with van der Waals surface area (Å²) in [6, 6.07) is 11.0. The molecular weight excluding hydrogens is 411 g/mol. The molecule has 0 radical (unpaired) electrons. The molecule has 1 amide bonds. The molecular formula is C18H13ClF3N5O2. The number of hydrogen-bond donors (Lipinski definition) is 2. The van der Waals surface area contributed by atoms with Gasteiger partial charge in [-0.3, -0.25) is 9.59 Å². The lowest BCUT2D eigenvalue weighted by molar-refractivity contribution is -0.137. The van der Waals surface area contributed by atoms with Crippen LogP contribution < -0.4 is 10.9 Å². The summed E-state index contributed by atoms with van der Waals surface area (Å²) in [6.07, 6.45) is -3.06. The summed E-state index contributed by atoms with van der Waals surface area (Å²) < 4.78 is 37.7. The third kappa shape index (κ3) is 5.11. The Morgan fingerprint density at radius 3 is 2.45 bits per heavy atom. The topological polar surface area (TPSA) is 92.1 Å². The third-order valence-corrected chi connectivity index (χ3v) is 4.05. The number of rotatable bonds is 5. The molecule has 0 unspecified atom stereocenters. The van der Waals surface area contributed by atoms with Crippen LogP contribution in [0.4, 0.5) is 13.2 Å². The first-order valence-corrected chi connectivity index (χ1v) is 8.53. The van der Waals surface area contributed by atoms with Crippen molar-refractivity contribution >= 4 is 23.7 Å². The van der Waals surface area contributed by atoms with E-state index in [0.717, 1.165) is 16.9 Å². The average molecular weight is 424 g/mol. The van der Waals surface area contributed by atoms with Gasteiger partial charge in [-0.25, -0.2) is 0 Å². The van der Waals surface area contributed by atoms with Crippen molar-refractivity contribution in [2.75, 3.05) is 0 Å². The molecule has 1 aromatic heterocycles. The van der Waals surface area contributed by atoms with E-state index in [1.165, 1.54) is 18.3 Å². The van der Waals surface area contributed by atoms with Gasteiger partial charge in [0.15, 0.2) is 0 Å². The van der Waals surface area contributed by atoms with Crippen molar-refractivity contribution in [2.45, 2.75) is 12.7 Å². The molecule has 29 heavy (non-hydrogen) atoms. The summed E-state index contributed by atoms with van der Waals surface area (Å²) in [5.41, 5.74) is -0.890. The monoisotopic (exact) mass is 423 g/mol. The molecule has 1 heterocycles. The van der Waals surface area contributed by atoms with E-state index >= 15 is 0 Å². The number of carbonyl (C=O) groups is 1. The SMILES string of the molecule is O=C(NCc1ccc(C(F)(F)F)cc1)c1n[nH]n(N=Cc2ccc(Cl)cc2)c1=O. The number of aromatic amines is 1. The second-order valence-electron chi connectivity index (χ2n) is 5.85. The lowest BCUT2D eigenvalue weighted by atomic mass is 10.1. The van der Waals surface area contributed by atoms with Crippen LogP contribution in [0.15, 0.2) is 58.4 Å². The lowest BCUT2D eigenvalue weighted by Crippen LogP contribution is -2.29. The molecule has 0 aliphatic heterocycles. The number of H-pyrrole nitrogens is 1. The molecule has 3 aromatic rings. The Hall–Kier alpha value is -3.40.